The van der Waals surface area contributed by atoms with E-state index in [1.54, 1.807) is 30.7 Å². The number of pyridine rings is 1. The number of carbonyl (C=O) groups excluding carboxylic acids is 1. The maximum Gasteiger partial charge on any atom is 0.271 e. The monoisotopic (exact) mass is 345 g/mol. The Morgan fingerprint density at radius 3 is 2.42 bits per heavy atom. The van der Waals surface area contributed by atoms with E-state index in [1.807, 2.05) is 24.3 Å². The van der Waals surface area contributed by atoms with Gasteiger partial charge in [-0.1, -0.05) is 29.8 Å². The van der Waals surface area contributed by atoms with Crippen molar-refractivity contribution < 1.29 is 9.53 Å². The van der Waals surface area contributed by atoms with Crippen LogP contribution in [-0.2, 0) is 6.61 Å². The quantitative estimate of drug-likeness (QED) is 0.547. The van der Waals surface area contributed by atoms with Crippen molar-refractivity contribution in [1.29, 1.82) is 0 Å². The summed E-state index contributed by atoms with van der Waals surface area (Å²) in [6.07, 6.45) is 4.71. The molecule has 0 bridgehead atoms. The van der Waals surface area contributed by atoms with E-state index in [4.69, 9.17) is 4.74 Å². The first-order valence-corrected chi connectivity index (χ1v) is 8.22. The molecule has 5 heteroatoms. The van der Waals surface area contributed by atoms with E-state index in [0.29, 0.717) is 12.2 Å². The summed E-state index contributed by atoms with van der Waals surface area (Å²) < 4.78 is 5.77. The van der Waals surface area contributed by atoms with Crippen LogP contribution >= 0.6 is 0 Å². The van der Waals surface area contributed by atoms with Crippen molar-refractivity contribution in [3.63, 3.8) is 0 Å². The summed E-state index contributed by atoms with van der Waals surface area (Å²) in [5.41, 5.74) is 6.21. The molecule has 1 amide bonds. The molecule has 0 aliphatic carbocycles. The molecule has 0 fully saturated rings. The fourth-order valence-corrected chi connectivity index (χ4v) is 2.23. The molecular formula is C21H19N3O2. The molecule has 0 radical (unpaired) electrons. The molecule has 1 aromatic heterocycles. The Morgan fingerprint density at radius 2 is 1.73 bits per heavy atom. The number of hydrogen-bond acceptors (Lipinski definition) is 4. The highest BCUT2D eigenvalue weighted by atomic mass is 16.5. The van der Waals surface area contributed by atoms with Crippen LogP contribution < -0.4 is 10.2 Å². The van der Waals surface area contributed by atoms with Gasteiger partial charge in [-0.25, -0.2) is 5.43 Å². The Balaban J connectivity index is 1.51. The molecule has 0 atom stereocenters. The first-order chi connectivity index (χ1) is 12.7. The summed E-state index contributed by atoms with van der Waals surface area (Å²) >= 11 is 0. The molecule has 0 spiro atoms. The first kappa shape index (κ1) is 17.4. The minimum absolute atomic E-state index is 0.276. The lowest BCUT2D eigenvalue weighted by Crippen LogP contribution is -2.17. The van der Waals surface area contributed by atoms with E-state index in [2.05, 4.69) is 46.7 Å². The average molecular weight is 345 g/mol. The number of hydrogen-bond donors (Lipinski definition) is 1. The molecule has 1 N–H and O–H groups in total. The zero-order chi connectivity index (χ0) is 18.2. The van der Waals surface area contributed by atoms with Crippen LogP contribution in [0.2, 0.25) is 0 Å². The molecule has 0 aliphatic rings. The minimum atomic E-state index is -0.276. The number of aryl methyl sites for hydroxylation is 1. The van der Waals surface area contributed by atoms with Crippen LogP contribution in [0.4, 0.5) is 0 Å². The lowest BCUT2D eigenvalue weighted by Gasteiger charge is -2.06. The molecule has 26 heavy (non-hydrogen) atoms. The normalized spacial score (nSPS) is 10.7. The largest absolute Gasteiger partial charge is 0.489 e. The van der Waals surface area contributed by atoms with Crippen LogP contribution in [0.25, 0.3) is 0 Å². The van der Waals surface area contributed by atoms with E-state index in [1.165, 1.54) is 5.56 Å². The van der Waals surface area contributed by atoms with Crippen LogP contribution in [0.5, 0.6) is 5.75 Å². The zero-order valence-electron chi connectivity index (χ0n) is 14.4. The van der Waals surface area contributed by atoms with Crippen LogP contribution in [0.15, 0.2) is 78.2 Å². The van der Waals surface area contributed by atoms with Gasteiger partial charge in [0.05, 0.1) is 6.21 Å². The fraction of sp³-hybridized carbons (Fsp3) is 0.0952. The van der Waals surface area contributed by atoms with Crippen molar-refractivity contribution in [3.8, 4) is 5.75 Å². The van der Waals surface area contributed by atoms with Crippen LogP contribution in [-0.4, -0.2) is 17.1 Å². The average Bonchev–Trinajstić information content (AvgIpc) is 2.69. The Morgan fingerprint density at radius 1 is 1.04 bits per heavy atom. The van der Waals surface area contributed by atoms with E-state index < -0.39 is 0 Å². The Labute approximate surface area is 152 Å². The van der Waals surface area contributed by atoms with Crippen molar-refractivity contribution >= 4 is 12.1 Å². The molecule has 0 saturated carbocycles. The number of ether oxygens (including phenoxy) is 1. The van der Waals surface area contributed by atoms with E-state index in [9.17, 15) is 4.79 Å². The Hall–Kier alpha value is -3.47. The predicted octanol–water partition coefficient (Wildman–Crippen LogP) is 3.73. The Kier molecular flexibility index (Phi) is 5.72. The summed E-state index contributed by atoms with van der Waals surface area (Å²) in [6.45, 7) is 2.58. The zero-order valence-corrected chi connectivity index (χ0v) is 14.4. The molecule has 3 aromatic rings. The van der Waals surface area contributed by atoms with E-state index in [-0.39, 0.29) is 5.91 Å². The molecule has 2 aromatic carbocycles. The SMILES string of the molecule is Cc1ccc(COc2ccc(/C=N\NC(=O)c3ccncc3)cc2)cc1. The van der Waals surface area contributed by atoms with Gasteiger partial charge in [0.15, 0.2) is 0 Å². The number of nitrogens with zero attached hydrogens (tertiary/aromatic N) is 2. The number of amides is 1. The van der Waals surface area contributed by atoms with Gasteiger partial charge in [0.25, 0.3) is 5.91 Å². The third-order valence-electron chi connectivity index (χ3n) is 3.73. The number of nitrogens with one attached hydrogen (secondary N) is 1. The molecule has 130 valence electrons. The standard InChI is InChI=1S/C21H19N3O2/c1-16-2-4-18(5-3-16)15-26-20-8-6-17(7-9-20)14-23-24-21(25)19-10-12-22-13-11-19/h2-14H,15H2,1H3,(H,24,25)/b23-14-. The third kappa shape index (κ3) is 5.01. The highest BCUT2D eigenvalue weighted by Gasteiger charge is 2.02. The summed E-state index contributed by atoms with van der Waals surface area (Å²) in [5, 5.41) is 3.96. The highest BCUT2D eigenvalue weighted by molar-refractivity contribution is 5.94. The van der Waals surface area contributed by atoms with Crippen molar-refractivity contribution in [2.75, 3.05) is 0 Å². The fourth-order valence-electron chi connectivity index (χ4n) is 2.23. The summed E-state index contributed by atoms with van der Waals surface area (Å²) in [7, 11) is 0. The highest BCUT2D eigenvalue weighted by Crippen LogP contribution is 2.14. The maximum atomic E-state index is 11.9. The van der Waals surface area contributed by atoms with E-state index >= 15 is 0 Å². The summed E-state index contributed by atoms with van der Waals surface area (Å²) in [4.78, 5) is 15.7. The second-order valence-electron chi connectivity index (χ2n) is 5.78. The third-order valence-corrected chi connectivity index (χ3v) is 3.73. The Bertz CT molecular complexity index is 873. The van der Waals surface area contributed by atoms with Crippen molar-refractivity contribution in [3.05, 3.63) is 95.3 Å². The number of aromatic nitrogens is 1. The van der Waals surface area contributed by atoms with E-state index in [0.717, 1.165) is 16.9 Å². The van der Waals surface area contributed by atoms with Crippen LogP contribution in [0, 0.1) is 6.92 Å². The molecular weight excluding hydrogens is 326 g/mol. The number of carbonyl (C=O) groups is 1. The van der Waals surface area contributed by atoms with Crippen molar-refractivity contribution in [2.24, 2.45) is 5.10 Å². The summed E-state index contributed by atoms with van der Waals surface area (Å²) in [5.74, 6) is 0.505. The first-order valence-electron chi connectivity index (χ1n) is 8.22. The minimum Gasteiger partial charge on any atom is -0.489 e. The lowest BCUT2D eigenvalue weighted by molar-refractivity contribution is 0.0955. The maximum absolute atomic E-state index is 11.9. The second-order valence-corrected chi connectivity index (χ2v) is 5.78. The van der Waals surface area contributed by atoms with Crippen molar-refractivity contribution in [2.45, 2.75) is 13.5 Å². The van der Waals surface area contributed by atoms with Gasteiger partial charge in [-0.15, -0.1) is 0 Å². The van der Waals surface area contributed by atoms with Gasteiger partial charge in [-0.05, 0) is 54.4 Å². The van der Waals surface area contributed by atoms with Crippen LogP contribution in [0.3, 0.4) is 0 Å². The molecule has 0 unspecified atom stereocenters. The van der Waals surface area contributed by atoms with Crippen LogP contribution in [0.1, 0.15) is 27.0 Å². The molecule has 0 aliphatic heterocycles. The lowest BCUT2D eigenvalue weighted by atomic mass is 10.2. The number of hydrazone groups is 1. The molecule has 3 rings (SSSR count). The summed E-state index contributed by atoms with van der Waals surface area (Å²) in [6, 6.07) is 19.0. The second kappa shape index (κ2) is 8.58. The molecule has 5 nitrogen and oxygen atoms in total. The van der Waals surface area contributed by atoms with Gasteiger partial charge >= 0.3 is 0 Å². The topological polar surface area (TPSA) is 63.6 Å². The van der Waals surface area contributed by atoms with Gasteiger partial charge in [-0.2, -0.15) is 5.10 Å². The van der Waals surface area contributed by atoms with Gasteiger partial charge in [0, 0.05) is 18.0 Å². The number of rotatable bonds is 6. The smallest absolute Gasteiger partial charge is 0.271 e. The van der Waals surface area contributed by atoms with Gasteiger partial charge in [0.1, 0.15) is 12.4 Å². The van der Waals surface area contributed by atoms with Gasteiger partial charge < -0.3 is 4.74 Å². The predicted molar refractivity (Wildman–Crippen MR) is 101 cm³/mol. The van der Waals surface area contributed by atoms with Gasteiger partial charge in [-0.3, -0.25) is 9.78 Å². The molecule has 0 saturated heterocycles. The van der Waals surface area contributed by atoms with Crippen molar-refractivity contribution in [1.82, 2.24) is 10.4 Å². The van der Waals surface area contributed by atoms with Gasteiger partial charge in [0.2, 0.25) is 0 Å². The number of benzene rings is 2. The molecule has 1 heterocycles.